The third kappa shape index (κ3) is 2.12. The van der Waals surface area contributed by atoms with Crippen molar-refractivity contribution in [1.29, 1.82) is 0 Å². The Balaban J connectivity index is 2.15. The van der Waals surface area contributed by atoms with Crippen LogP contribution in [0.2, 0.25) is 0 Å². The molecule has 0 radical (unpaired) electrons. The molecule has 2 fully saturated rings. The van der Waals surface area contributed by atoms with Gasteiger partial charge in [0.25, 0.3) is 0 Å². The van der Waals surface area contributed by atoms with Crippen molar-refractivity contribution in [3.05, 3.63) is 0 Å². The summed E-state index contributed by atoms with van der Waals surface area (Å²) in [6.45, 7) is 1.41. The number of rotatable bonds is 3. The number of nitrogens with one attached hydrogen (secondary N) is 1. The molecule has 2 heterocycles. The quantitative estimate of drug-likeness (QED) is 0.370. The molecule has 6 atom stereocenters. The summed E-state index contributed by atoms with van der Waals surface area (Å²) in [5.41, 5.74) is 0. The van der Waals surface area contributed by atoms with Crippen LogP contribution in [0.3, 0.4) is 0 Å². The lowest BCUT2D eigenvalue weighted by molar-refractivity contribution is -0.119. The minimum atomic E-state index is -1.06. The SMILES string of the molecule is CC(=O)NC[C@H]1[C@@H](O)[C@@H](O)[C@@H]2[C@@H](O)C[C@@H](CO)N21. The molecule has 18 heavy (non-hydrogen) atoms. The van der Waals surface area contributed by atoms with Crippen LogP contribution in [0.1, 0.15) is 13.3 Å². The Hall–Kier alpha value is -0.730. The zero-order valence-corrected chi connectivity index (χ0v) is 10.2. The number of hydrogen-bond acceptors (Lipinski definition) is 6. The molecule has 0 aromatic heterocycles. The Morgan fingerprint density at radius 3 is 2.56 bits per heavy atom. The Bertz CT molecular complexity index is 327. The van der Waals surface area contributed by atoms with Crippen molar-refractivity contribution in [3.63, 3.8) is 0 Å². The molecule has 7 nitrogen and oxygen atoms in total. The Morgan fingerprint density at radius 1 is 1.33 bits per heavy atom. The van der Waals surface area contributed by atoms with Crippen molar-refractivity contribution in [2.24, 2.45) is 0 Å². The smallest absolute Gasteiger partial charge is 0.216 e. The zero-order chi connectivity index (χ0) is 13.4. The van der Waals surface area contributed by atoms with Gasteiger partial charge in [-0.2, -0.15) is 0 Å². The fourth-order valence-corrected chi connectivity index (χ4v) is 3.13. The number of carbonyl (C=O) groups excluding carboxylic acids is 1. The molecule has 7 heteroatoms. The summed E-state index contributed by atoms with van der Waals surface area (Å²) in [7, 11) is 0. The summed E-state index contributed by atoms with van der Waals surface area (Å²) in [5, 5.41) is 41.7. The van der Waals surface area contributed by atoms with Crippen LogP contribution in [-0.4, -0.2) is 80.8 Å². The molecule has 2 rings (SSSR count). The highest BCUT2D eigenvalue weighted by atomic mass is 16.3. The molecular weight excluding hydrogens is 240 g/mol. The normalized spacial score (nSPS) is 44.1. The van der Waals surface area contributed by atoms with E-state index in [4.69, 9.17) is 0 Å². The minimum absolute atomic E-state index is 0.149. The number of nitrogens with zero attached hydrogens (tertiary/aromatic N) is 1. The molecule has 5 N–H and O–H groups in total. The zero-order valence-electron chi connectivity index (χ0n) is 10.2. The average molecular weight is 260 g/mol. The van der Waals surface area contributed by atoms with E-state index in [9.17, 15) is 25.2 Å². The average Bonchev–Trinajstić information content (AvgIpc) is 2.76. The summed E-state index contributed by atoms with van der Waals surface area (Å²) < 4.78 is 0. The largest absolute Gasteiger partial charge is 0.395 e. The molecule has 2 aliphatic heterocycles. The first kappa shape index (κ1) is 13.7. The Labute approximate surface area is 105 Å². The molecule has 2 saturated heterocycles. The van der Waals surface area contributed by atoms with Gasteiger partial charge in [-0.1, -0.05) is 0 Å². The lowest BCUT2D eigenvalue weighted by Crippen LogP contribution is -2.49. The third-order valence-corrected chi connectivity index (χ3v) is 3.92. The fourth-order valence-electron chi connectivity index (χ4n) is 3.13. The first-order valence-corrected chi connectivity index (χ1v) is 6.14. The van der Waals surface area contributed by atoms with E-state index in [1.54, 1.807) is 4.90 Å². The van der Waals surface area contributed by atoms with Gasteiger partial charge in [0.2, 0.25) is 5.91 Å². The second kappa shape index (κ2) is 5.10. The van der Waals surface area contributed by atoms with E-state index < -0.39 is 30.4 Å². The van der Waals surface area contributed by atoms with Crippen LogP contribution in [0.5, 0.6) is 0 Å². The number of aliphatic hydroxyl groups is 4. The van der Waals surface area contributed by atoms with Crippen molar-refractivity contribution >= 4 is 5.91 Å². The standard InChI is InChI=1S/C11H20N2O5/c1-5(15)12-3-7-10(17)11(18)9-8(16)2-6(4-14)13(7)9/h6-11,14,16-18H,2-4H2,1H3,(H,12,15)/t6-,7-,8-,9-,10+,11-/m0/s1. The van der Waals surface area contributed by atoms with Crippen LogP contribution >= 0.6 is 0 Å². The summed E-state index contributed by atoms with van der Waals surface area (Å²) >= 11 is 0. The van der Waals surface area contributed by atoms with E-state index >= 15 is 0 Å². The van der Waals surface area contributed by atoms with Gasteiger partial charge in [-0.15, -0.1) is 0 Å². The summed E-state index contributed by atoms with van der Waals surface area (Å²) in [6, 6.07) is -1.35. The van der Waals surface area contributed by atoms with Gasteiger partial charge in [0.05, 0.1) is 37.0 Å². The van der Waals surface area contributed by atoms with E-state index in [2.05, 4.69) is 5.32 Å². The molecule has 0 spiro atoms. The van der Waals surface area contributed by atoms with Crippen LogP contribution in [-0.2, 0) is 4.79 Å². The predicted octanol–water partition coefficient (Wildman–Crippen LogP) is -2.98. The van der Waals surface area contributed by atoms with Gasteiger partial charge in [0, 0.05) is 19.5 Å². The maximum atomic E-state index is 10.9. The summed E-state index contributed by atoms with van der Waals surface area (Å²) in [6.07, 6.45) is -2.50. The first-order chi connectivity index (χ1) is 8.47. The Kier molecular flexibility index (Phi) is 3.88. The highest BCUT2D eigenvalue weighted by Crippen LogP contribution is 2.37. The molecule has 0 saturated carbocycles. The van der Waals surface area contributed by atoms with Gasteiger partial charge < -0.3 is 25.7 Å². The number of carbonyl (C=O) groups is 1. The summed E-state index contributed by atoms with van der Waals surface area (Å²) in [5.74, 6) is -0.222. The first-order valence-electron chi connectivity index (χ1n) is 6.14. The predicted molar refractivity (Wildman–Crippen MR) is 61.6 cm³/mol. The van der Waals surface area contributed by atoms with Crippen LogP contribution in [0.15, 0.2) is 0 Å². The van der Waals surface area contributed by atoms with E-state index in [0.717, 1.165) is 0 Å². The van der Waals surface area contributed by atoms with E-state index in [1.165, 1.54) is 6.92 Å². The molecule has 0 aliphatic carbocycles. The van der Waals surface area contributed by atoms with E-state index in [0.29, 0.717) is 6.42 Å². The van der Waals surface area contributed by atoms with Crippen LogP contribution in [0, 0.1) is 0 Å². The van der Waals surface area contributed by atoms with E-state index in [-0.39, 0.29) is 25.1 Å². The van der Waals surface area contributed by atoms with Gasteiger partial charge in [-0.25, -0.2) is 0 Å². The maximum Gasteiger partial charge on any atom is 0.216 e. The molecule has 0 aromatic rings. The molecular formula is C11H20N2O5. The van der Waals surface area contributed by atoms with Crippen molar-refractivity contribution in [2.45, 2.75) is 49.8 Å². The van der Waals surface area contributed by atoms with Gasteiger partial charge >= 0.3 is 0 Å². The topological polar surface area (TPSA) is 113 Å². The molecule has 0 bridgehead atoms. The van der Waals surface area contributed by atoms with Crippen molar-refractivity contribution in [1.82, 2.24) is 10.2 Å². The molecule has 2 aliphatic rings. The van der Waals surface area contributed by atoms with Gasteiger partial charge in [0.1, 0.15) is 0 Å². The number of amides is 1. The molecule has 104 valence electrons. The van der Waals surface area contributed by atoms with Crippen LogP contribution in [0.4, 0.5) is 0 Å². The van der Waals surface area contributed by atoms with Crippen LogP contribution < -0.4 is 5.32 Å². The number of fused-ring (bicyclic) bond motifs is 1. The number of aliphatic hydroxyl groups excluding tert-OH is 4. The van der Waals surface area contributed by atoms with Crippen molar-refractivity contribution in [3.8, 4) is 0 Å². The minimum Gasteiger partial charge on any atom is -0.395 e. The van der Waals surface area contributed by atoms with Gasteiger partial charge in [0.15, 0.2) is 0 Å². The summed E-state index contributed by atoms with van der Waals surface area (Å²) in [4.78, 5) is 12.7. The highest BCUT2D eigenvalue weighted by molar-refractivity contribution is 5.72. The lowest BCUT2D eigenvalue weighted by atomic mass is 10.0. The maximum absolute atomic E-state index is 10.9. The van der Waals surface area contributed by atoms with Gasteiger partial charge in [-0.3, -0.25) is 9.69 Å². The monoisotopic (exact) mass is 260 g/mol. The van der Waals surface area contributed by atoms with E-state index in [1.807, 2.05) is 0 Å². The van der Waals surface area contributed by atoms with Gasteiger partial charge in [-0.05, 0) is 6.42 Å². The van der Waals surface area contributed by atoms with Crippen LogP contribution in [0.25, 0.3) is 0 Å². The second-order valence-electron chi connectivity index (χ2n) is 5.06. The molecule has 0 aromatic carbocycles. The molecule has 0 unspecified atom stereocenters. The van der Waals surface area contributed by atoms with Crippen molar-refractivity contribution < 1.29 is 25.2 Å². The second-order valence-corrected chi connectivity index (χ2v) is 5.06. The third-order valence-electron chi connectivity index (χ3n) is 3.92. The number of hydrogen-bond donors (Lipinski definition) is 5. The van der Waals surface area contributed by atoms with Crippen molar-refractivity contribution in [2.75, 3.05) is 13.2 Å². The lowest BCUT2D eigenvalue weighted by Gasteiger charge is -2.29. The fraction of sp³-hybridized carbons (Fsp3) is 0.909. The molecule has 1 amide bonds. The highest BCUT2D eigenvalue weighted by Gasteiger charge is 2.56. The Morgan fingerprint density at radius 2 is 2.00 bits per heavy atom.